The van der Waals surface area contributed by atoms with Crippen LogP contribution in [0.4, 0.5) is 0 Å². The molecule has 0 bridgehead atoms. The molecule has 0 radical (unpaired) electrons. The molecule has 0 aromatic carbocycles. The van der Waals surface area contributed by atoms with Crippen LogP contribution in [0.1, 0.15) is 71.1 Å². The predicted molar refractivity (Wildman–Crippen MR) is 80.6 cm³/mol. The molecule has 0 unspecified atom stereocenters. The minimum atomic E-state index is 1.02. The summed E-state index contributed by atoms with van der Waals surface area (Å²) in [6.45, 7) is 2.44. The van der Waals surface area contributed by atoms with Crippen LogP contribution in [0.2, 0.25) is 6.04 Å². The molecule has 2 aliphatic rings. The zero-order valence-electron chi connectivity index (χ0n) is 12.1. The van der Waals surface area contributed by atoms with Gasteiger partial charge in [-0.05, 0) is 23.7 Å². The van der Waals surface area contributed by atoms with Crippen LogP contribution >= 0.6 is 0 Å². The van der Waals surface area contributed by atoms with E-state index in [1.54, 1.807) is 44.6 Å². The van der Waals surface area contributed by atoms with Gasteiger partial charge in [0.2, 0.25) is 0 Å². The van der Waals surface area contributed by atoms with E-state index in [1.165, 1.54) is 35.9 Å². The van der Waals surface area contributed by atoms with E-state index < -0.39 is 0 Å². The van der Waals surface area contributed by atoms with Crippen LogP contribution in [-0.4, -0.2) is 10.2 Å². The smallest absolute Gasteiger partial charge is 0.00314 e. The quantitative estimate of drug-likeness (QED) is 0.658. The zero-order valence-corrected chi connectivity index (χ0v) is 14.1. The van der Waals surface area contributed by atoms with Crippen molar-refractivity contribution in [1.29, 1.82) is 0 Å². The van der Waals surface area contributed by atoms with Gasteiger partial charge in [0, 0.05) is 10.2 Å². The molecule has 2 saturated carbocycles. The molecule has 2 aliphatic carbocycles. The Morgan fingerprint density at radius 1 is 0.706 bits per heavy atom. The van der Waals surface area contributed by atoms with Gasteiger partial charge in [-0.15, -0.1) is 0 Å². The average Bonchev–Trinajstić information content (AvgIpc) is 2.39. The lowest BCUT2D eigenvalue weighted by atomic mass is 9.76. The van der Waals surface area contributed by atoms with Crippen molar-refractivity contribution in [3.05, 3.63) is 0 Å². The lowest BCUT2D eigenvalue weighted by Crippen LogP contribution is -2.17. The fraction of sp³-hybridized carbons (Fsp3) is 1.00. The van der Waals surface area contributed by atoms with Crippen molar-refractivity contribution in [3.63, 3.8) is 0 Å². The van der Waals surface area contributed by atoms with Gasteiger partial charge in [0.05, 0.1) is 0 Å². The molecule has 0 N–H and O–H groups in total. The van der Waals surface area contributed by atoms with E-state index in [4.69, 9.17) is 0 Å². The van der Waals surface area contributed by atoms with Crippen molar-refractivity contribution >= 4 is 10.2 Å². The van der Waals surface area contributed by atoms with E-state index in [2.05, 4.69) is 6.92 Å². The van der Waals surface area contributed by atoms with Crippen LogP contribution in [0.25, 0.3) is 0 Å². The van der Waals surface area contributed by atoms with Crippen molar-refractivity contribution in [2.24, 2.45) is 23.7 Å². The molecule has 0 aromatic rings. The summed E-state index contributed by atoms with van der Waals surface area (Å²) in [7, 11) is 1.43. The van der Waals surface area contributed by atoms with Gasteiger partial charge in [-0.3, -0.25) is 0 Å². The first-order chi connectivity index (χ1) is 8.28. The highest BCUT2D eigenvalue weighted by atomic mass is 28.1. The molecule has 100 valence electrons. The Hall–Kier alpha value is 0.217. The first-order valence-electron chi connectivity index (χ1n) is 8.28. The van der Waals surface area contributed by atoms with Crippen LogP contribution in [0.15, 0.2) is 0 Å². The maximum atomic E-state index is 2.44. The lowest BCUT2D eigenvalue weighted by molar-refractivity contribution is 0.227. The number of hydrogen-bond donors (Lipinski definition) is 0. The van der Waals surface area contributed by atoms with E-state index in [0.29, 0.717) is 0 Å². The standard InChI is InChI=1S/C16H32Si/c1-13-2-4-14(5-3-13)6-7-15-8-10-16(12-17)11-9-15/h13-16H,2-12H2,1,17H3. The molecule has 0 aromatic heterocycles. The number of hydrogen-bond acceptors (Lipinski definition) is 0. The largest absolute Gasteiger partial charge is 0.0631 e. The third kappa shape index (κ3) is 4.42. The monoisotopic (exact) mass is 252 g/mol. The van der Waals surface area contributed by atoms with Crippen LogP contribution in [-0.2, 0) is 0 Å². The molecular formula is C16H32Si. The summed E-state index contributed by atoms with van der Waals surface area (Å²) < 4.78 is 0. The van der Waals surface area contributed by atoms with E-state index >= 15 is 0 Å². The van der Waals surface area contributed by atoms with Gasteiger partial charge < -0.3 is 0 Å². The molecule has 2 fully saturated rings. The molecule has 1 heteroatoms. The van der Waals surface area contributed by atoms with Gasteiger partial charge in [-0.1, -0.05) is 77.2 Å². The van der Waals surface area contributed by atoms with Gasteiger partial charge in [-0.25, -0.2) is 0 Å². The molecule has 0 nitrogen and oxygen atoms in total. The average molecular weight is 253 g/mol. The second kappa shape index (κ2) is 6.97. The zero-order chi connectivity index (χ0) is 12.1. The summed E-state index contributed by atoms with van der Waals surface area (Å²) in [5.41, 5.74) is 0. The molecule has 0 heterocycles. The van der Waals surface area contributed by atoms with Crippen molar-refractivity contribution in [1.82, 2.24) is 0 Å². The van der Waals surface area contributed by atoms with E-state index in [-0.39, 0.29) is 0 Å². The van der Waals surface area contributed by atoms with Crippen molar-refractivity contribution < 1.29 is 0 Å². The molecule has 17 heavy (non-hydrogen) atoms. The predicted octanol–water partition coefficient (Wildman–Crippen LogP) is 4.18. The number of rotatable bonds is 4. The summed E-state index contributed by atoms with van der Waals surface area (Å²) in [5, 5.41) is 0. The maximum Gasteiger partial charge on any atom is 0.00314 e. The SMILES string of the molecule is CC1CCC(CCC2CCC(C[SiH3])CC2)CC1. The summed E-state index contributed by atoms with van der Waals surface area (Å²) in [4.78, 5) is 0. The summed E-state index contributed by atoms with van der Waals surface area (Å²) in [5.74, 6) is 4.37. The highest BCUT2D eigenvalue weighted by Crippen LogP contribution is 2.36. The Morgan fingerprint density at radius 2 is 1.12 bits per heavy atom. The van der Waals surface area contributed by atoms with Crippen LogP contribution in [0.3, 0.4) is 0 Å². The third-order valence-electron chi connectivity index (χ3n) is 5.66. The summed E-state index contributed by atoms with van der Waals surface area (Å²) in [6, 6.07) is 1.56. The molecular weight excluding hydrogens is 220 g/mol. The maximum absolute atomic E-state index is 2.44. The molecule has 0 aliphatic heterocycles. The van der Waals surface area contributed by atoms with Gasteiger partial charge >= 0.3 is 0 Å². The van der Waals surface area contributed by atoms with Gasteiger partial charge in [0.1, 0.15) is 0 Å². The Morgan fingerprint density at radius 3 is 1.59 bits per heavy atom. The van der Waals surface area contributed by atoms with Gasteiger partial charge in [-0.2, -0.15) is 0 Å². The molecule has 2 rings (SSSR count). The Labute approximate surface area is 111 Å². The lowest BCUT2D eigenvalue weighted by Gasteiger charge is -2.31. The van der Waals surface area contributed by atoms with Crippen molar-refractivity contribution in [3.8, 4) is 0 Å². The highest BCUT2D eigenvalue weighted by Gasteiger charge is 2.22. The van der Waals surface area contributed by atoms with Crippen LogP contribution in [0, 0.1) is 23.7 Å². The molecule has 0 spiro atoms. The van der Waals surface area contributed by atoms with Crippen LogP contribution in [0.5, 0.6) is 0 Å². The minimum absolute atomic E-state index is 1.02. The summed E-state index contributed by atoms with van der Waals surface area (Å²) in [6.07, 6.45) is 15.5. The Kier molecular flexibility index (Phi) is 5.59. The second-order valence-corrected chi connectivity index (χ2v) is 7.81. The van der Waals surface area contributed by atoms with Crippen molar-refractivity contribution in [2.45, 2.75) is 77.2 Å². The van der Waals surface area contributed by atoms with E-state index in [1.807, 2.05) is 0 Å². The van der Waals surface area contributed by atoms with E-state index in [9.17, 15) is 0 Å². The topological polar surface area (TPSA) is 0 Å². The first kappa shape index (κ1) is 13.6. The fourth-order valence-corrected chi connectivity index (χ4v) is 4.83. The van der Waals surface area contributed by atoms with Gasteiger partial charge in [0.25, 0.3) is 0 Å². The normalized spacial score (nSPS) is 39.4. The third-order valence-corrected chi connectivity index (χ3v) is 6.82. The van der Waals surface area contributed by atoms with Crippen LogP contribution < -0.4 is 0 Å². The van der Waals surface area contributed by atoms with E-state index in [0.717, 1.165) is 23.7 Å². The molecule has 0 atom stereocenters. The highest BCUT2D eigenvalue weighted by molar-refractivity contribution is 6.08. The Bertz CT molecular complexity index is 198. The molecule has 0 saturated heterocycles. The molecule has 0 amide bonds. The summed E-state index contributed by atoms with van der Waals surface area (Å²) >= 11 is 0. The van der Waals surface area contributed by atoms with Crippen molar-refractivity contribution in [2.75, 3.05) is 0 Å². The fourth-order valence-electron chi connectivity index (χ4n) is 4.02. The first-order valence-corrected chi connectivity index (χ1v) is 9.69. The minimum Gasteiger partial charge on any atom is -0.0631 e. The van der Waals surface area contributed by atoms with Gasteiger partial charge in [0.15, 0.2) is 0 Å². The second-order valence-electron chi connectivity index (χ2n) is 7.00. The Balaban J connectivity index is 1.59.